The van der Waals surface area contributed by atoms with Crippen LogP contribution in [0.4, 0.5) is 0 Å². The second kappa shape index (κ2) is 5.77. The summed E-state index contributed by atoms with van der Waals surface area (Å²) in [4.78, 5) is 0.390. The Kier molecular flexibility index (Phi) is 4.43. The predicted octanol–water partition coefficient (Wildman–Crippen LogP) is 1.08. The number of aryl methyl sites for hydroxylation is 1. The lowest BCUT2D eigenvalue weighted by molar-refractivity contribution is 0.117. The van der Waals surface area contributed by atoms with Crippen molar-refractivity contribution in [2.75, 3.05) is 6.61 Å². The highest BCUT2D eigenvalue weighted by Crippen LogP contribution is 2.20. The van der Waals surface area contributed by atoms with Gasteiger partial charge < -0.3 is 10.5 Å². The molecule has 1 aromatic carbocycles. The number of hydrogen-bond donors (Lipinski definition) is 2. The van der Waals surface area contributed by atoms with E-state index in [1.165, 1.54) is 6.07 Å². The lowest BCUT2D eigenvalue weighted by atomic mass is 10.1. The van der Waals surface area contributed by atoms with Crippen LogP contribution in [0.25, 0.3) is 0 Å². The van der Waals surface area contributed by atoms with Crippen LogP contribution in [0.1, 0.15) is 24.5 Å². The van der Waals surface area contributed by atoms with Crippen LogP contribution in [-0.4, -0.2) is 32.2 Å². The standard InChI is InChI=1S/C13H18N2O3S2/c1-8-3-4-10(13(14)19)7-12(8)20(16,17)15-11-5-6-18-9(11)2/h3-4,7,9,11,15H,5-6H2,1-2H3,(H2,14,19). The summed E-state index contributed by atoms with van der Waals surface area (Å²) in [6.07, 6.45) is 0.554. The number of hydrogen-bond acceptors (Lipinski definition) is 4. The molecule has 0 aliphatic carbocycles. The number of benzene rings is 1. The number of nitrogens with one attached hydrogen (secondary N) is 1. The molecule has 0 bridgehead atoms. The molecule has 1 fully saturated rings. The maximum absolute atomic E-state index is 12.5. The van der Waals surface area contributed by atoms with E-state index in [9.17, 15) is 8.42 Å². The first kappa shape index (κ1) is 15.4. The van der Waals surface area contributed by atoms with E-state index in [-0.39, 0.29) is 22.0 Å². The smallest absolute Gasteiger partial charge is 0.241 e. The van der Waals surface area contributed by atoms with E-state index >= 15 is 0 Å². The maximum Gasteiger partial charge on any atom is 0.241 e. The van der Waals surface area contributed by atoms with Gasteiger partial charge in [0, 0.05) is 12.2 Å². The van der Waals surface area contributed by atoms with E-state index in [4.69, 9.17) is 22.7 Å². The molecule has 0 spiro atoms. The maximum atomic E-state index is 12.5. The van der Waals surface area contributed by atoms with Gasteiger partial charge in [-0.25, -0.2) is 13.1 Å². The third-order valence-electron chi connectivity index (χ3n) is 3.44. The van der Waals surface area contributed by atoms with Crippen LogP contribution in [0.3, 0.4) is 0 Å². The molecule has 0 aromatic heterocycles. The molecule has 0 amide bonds. The molecule has 5 nitrogen and oxygen atoms in total. The minimum Gasteiger partial charge on any atom is -0.389 e. The van der Waals surface area contributed by atoms with Gasteiger partial charge in [0.2, 0.25) is 10.0 Å². The fourth-order valence-corrected chi connectivity index (χ4v) is 3.93. The molecule has 1 aromatic rings. The lowest BCUT2D eigenvalue weighted by Gasteiger charge is -2.17. The molecule has 2 rings (SSSR count). The molecule has 7 heteroatoms. The predicted molar refractivity (Wildman–Crippen MR) is 81.2 cm³/mol. The molecule has 1 saturated heterocycles. The number of thiocarbonyl (C=S) groups is 1. The summed E-state index contributed by atoms with van der Waals surface area (Å²) in [6.45, 7) is 4.17. The molecule has 20 heavy (non-hydrogen) atoms. The lowest BCUT2D eigenvalue weighted by Crippen LogP contribution is -2.39. The van der Waals surface area contributed by atoms with E-state index in [1.807, 2.05) is 6.92 Å². The minimum absolute atomic E-state index is 0.121. The van der Waals surface area contributed by atoms with E-state index < -0.39 is 10.0 Å². The fourth-order valence-electron chi connectivity index (χ4n) is 2.19. The van der Waals surface area contributed by atoms with Crippen LogP contribution in [-0.2, 0) is 14.8 Å². The van der Waals surface area contributed by atoms with Gasteiger partial charge in [-0.15, -0.1) is 0 Å². The van der Waals surface area contributed by atoms with Crippen LogP contribution < -0.4 is 10.5 Å². The van der Waals surface area contributed by atoms with Gasteiger partial charge in [0.05, 0.1) is 17.0 Å². The van der Waals surface area contributed by atoms with Gasteiger partial charge in [0.15, 0.2) is 0 Å². The Labute approximate surface area is 124 Å². The first-order valence-corrected chi connectivity index (χ1v) is 8.25. The molecule has 1 aliphatic rings. The summed E-state index contributed by atoms with van der Waals surface area (Å²) in [6, 6.07) is 4.74. The number of ether oxygens (including phenoxy) is 1. The van der Waals surface area contributed by atoms with Crippen molar-refractivity contribution in [2.24, 2.45) is 5.73 Å². The topological polar surface area (TPSA) is 81.4 Å². The second-order valence-corrected chi connectivity index (χ2v) is 7.06. The van der Waals surface area contributed by atoms with E-state index in [0.717, 1.165) is 0 Å². The fraction of sp³-hybridized carbons (Fsp3) is 0.462. The highest BCUT2D eigenvalue weighted by molar-refractivity contribution is 7.89. The number of nitrogens with two attached hydrogens (primary N) is 1. The molecule has 3 N–H and O–H groups in total. The van der Waals surface area contributed by atoms with Crippen molar-refractivity contribution in [3.05, 3.63) is 29.3 Å². The van der Waals surface area contributed by atoms with Gasteiger partial charge in [-0.05, 0) is 31.9 Å². The van der Waals surface area contributed by atoms with Gasteiger partial charge in [0.1, 0.15) is 4.99 Å². The van der Waals surface area contributed by atoms with E-state index in [1.54, 1.807) is 19.1 Å². The summed E-state index contributed by atoms with van der Waals surface area (Å²) in [5.41, 5.74) is 6.76. The summed E-state index contributed by atoms with van der Waals surface area (Å²) in [5.74, 6) is 0. The summed E-state index contributed by atoms with van der Waals surface area (Å²) >= 11 is 4.89. The van der Waals surface area contributed by atoms with E-state index in [2.05, 4.69) is 4.72 Å². The Bertz CT molecular complexity index is 629. The summed E-state index contributed by atoms with van der Waals surface area (Å²) in [5, 5.41) is 0. The molecule has 1 heterocycles. The van der Waals surface area contributed by atoms with Gasteiger partial charge in [0.25, 0.3) is 0 Å². The van der Waals surface area contributed by atoms with Crippen molar-refractivity contribution in [1.29, 1.82) is 0 Å². The Balaban J connectivity index is 2.33. The molecule has 110 valence electrons. The Morgan fingerprint density at radius 2 is 2.20 bits per heavy atom. The van der Waals surface area contributed by atoms with Crippen molar-refractivity contribution in [2.45, 2.75) is 37.3 Å². The van der Waals surface area contributed by atoms with Crippen molar-refractivity contribution >= 4 is 27.2 Å². The van der Waals surface area contributed by atoms with Crippen molar-refractivity contribution in [1.82, 2.24) is 4.72 Å². The Hall–Kier alpha value is -1.02. The van der Waals surface area contributed by atoms with Crippen molar-refractivity contribution in [3.8, 4) is 0 Å². The zero-order valence-corrected chi connectivity index (χ0v) is 13.1. The number of sulfonamides is 1. The SMILES string of the molecule is Cc1ccc(C(N)=S)cc1S(=O)(=O)NC1CCOC1C. The number of rotatable bonds is 4. The first-order valence-electron chi connectivity index (χ1n) is 6.35. The van der Waals surface area contributed by atoms with Crippen LogP contribution in [0.2, 0.25) is 0 Å². The highest BCUT2D eigenvalue weighted by Gasteiger charge is 2.30. The third kappa shape index (κ3) is 3.17. The Morgan fingerprint density at radius 1 is 1.50 bits per heavy atom. The minimum atomic E-state index is -3.61. The molecular formula is C13H18N2O3S2. The average Bonchev–Trinajstić information content (AvgIpc) is 2.74. The zero-order valence-electron chi connectivity index (χ0n) is 11.4. The third-order valence-corrected chi connectivity index (χ3v) is 5.31. The van der Waals surface area contributed by atoms with Gasteiger partial charge in [-0.2, -0.15) is 0 Å². The summed E-state index contributed by atoms with van der Waals surface area (Å²) in [7, 11) is -3.61. The van der Waals surface area contributed by atoms with Crippen molar-refractivity contribution in [3.63, 3.8) is 0 Å². The van der Waals surface area contributed by atoms with Crippen LogP contribution in [0.15, 0.2) is 23.1 Å². The summed E-state index contributed by atoms with van der Waals surface area (Å²) < 4.78 is 33.0. The molecule has 2 unspecified atom stereocenters. The molecule has 1 aliphatic heterocycles. The first-order chi connectivity index (χ1) is 9.31. The van der Waals surface area contributed by atoms with Crippen LogP contribution in [0, 0.1) is 6.92 Å². The zero-order chi connectivity index (χ0) is 14.9. The molecular weight excluding hydrogens is 296 g/mol. The normalized spacial score (nSPS) is 22.9. The van der Waals surface area contributed by atoms with Gasteiger partial charge in [-0.3, -0.25) is 0 Å². The van der Waals surface area contributed by atoms with Gasteiger partial charge >= 0.3 is 0 Å². The molecule has 0 radical (unpaired) electrons. The quantitative estimate of drug-likeness (QED) is 0.813. The monoisotopic (exact) mass is 314 g/mol. The highest BCUT2D eigenvalue weighted by atomic mass is 32.2. The Morgan fingerprint density at radius 3 is 2.75 bits per heavy atom. The largest absolute Gasteiger partial charge is 0.389 e. The van der Waals surface area contributed by atoms with Crippen LogP contribution in [0.5, 0.6) is 0 Å². The molecule has 2 atom stereocenters. The average molecular weight is 314 g/mol. The van der Waals surface area contributed by atoms with Gasteiger partial charge in [-0.1, -0.05) is 24.4 Å². The van der Waals surface area contributed by atoms with Crippen LogP contribution >= 0.6 is 12.2 Å². The van der Waals surface area contributed by atoms with E-state index in [0.29, 0.717) is 24.2 Å². The van der Waals surface area contributed by atoms with Crippen molar-refractivity contribution < 1.29 is 13.2 Å². The molecule has 0 saturated carbocycles. The second-order valence-electron chi connectivity index (χ2n) is 4.94.